The highest BCUT2D eigenvalue weighted by atomic mass is 16.5. The van der Waals surface area contributed by atoms with Crippen LogP contribution < -0.4 is 4.74 Å². The van der Waals surface area contributed by atoms with Crippen LogP contribution in [-0.2, 0) is 11.2 Å². The van der Waals surface area contributed by atoms with E-state index in [4.69, 9.17) is 19.6 Å². The molecule has 0 unspecified atom stereocenters. The number of pyridine rings is 1. The van der Waals surface area contributed by atoms with Crippen molar-refractivity contribution in [2.24, 2.45) is 0 Å². The van der Waals surface area contributed by atoms with Crippen molar-refractivity contribution in [2.45, 2.75) is 43.8 Å². The number of nitrogens with zero attached hydrogens (tertiary/aromatic N) is 4. The second-order valence-electron chi connectivity index (χ2n) is 7.19. The number of benzene rings is 1. The maximum absolute atomic E-state index is 6.07. The summed E-state index contributed by atoms with van der Waals surface area (Å²) in [4.78, 5) is 9.43. The Kier molecular flexibility index (Phi) is 4.13. The number of aromatic nitrogens is 4. The second kappa shape index (κ2) is 6.78. The van der Waals surface area contributed by atoms with Crippen LogP contribution in [0.15, 0.2) is 48.7 Å². The first kappa shape index (κ1) is 16.4. The van der Waals surface area contributed by atoms with E-state index in [1.807, 2.05) is 41.1 Å². The Morgan fingerprint density at radius 1 is 1.15 bits per heavy atom. The van der Waals surface area contributed by atoms with Crippen LogP contribution in [0.1, 0.15) is 42.4 Å². The van der Waals surface area contributed by atoms with Gasteiger partial charge in [-0.25, -0.2) is 9.97 Å². The van der Waals surface area contributed by atoms with Gasteiger partial charge in [-0.3, -0.25) is 0 Å². The van der Waals surface area contributed by atoms with E-state index in [1.165, 1.54) is 0 Å². The molecule has 5 rings (SSSR count). The van der Waals surface area contributed by atoms with Crippen LogP contribution in [0.2, 0.25) is 0 Å². The number of methoxy groups -OCH3 is 1. The Hall–Kier alpha value is -2.73. The summed E-state index contributed by atoms with van der Waals surface area (Å²) in [5.41, 5.74) is 1.08. The topological polar surface area (TPSA) is 62.1 Å². The van der Waals surface area contributed by atoms with E-state index in [2.05, 4.69) is 11.1 Å². The van der Waals surface area contributed by atoms with Gasteiger partial charge in [0.1, 0.15) is 11.6 Å². The molecule has 0 N–H and O–H groups in total. The fraction of sp³-hybridized carbons (Fsp3) is 0.381. The van der Waals surface area contributed by atoms with Gasteiger partial charge in [0.2, 0.25) is 0 Å². The number of hydrogen-bond acceptors (Lipinski definition) is 5. The van der Waals surface area contributed by atoms with Gasteiger partial charge >= 0.3 is 0 Å². The summed E-state index contributed by atoms with van der Waals surface area (Å²) < 4.78 is 13.5. The van der Waals surface area contributed by atoms with Gasteiger partial charge in [0.15, 0.2) is 11.6 Å². The Morgan fingerprint density at radius 2 is 2.04 bits per heavy atom. The molecule has 27 heavy (non-hydrogen) atoms. The van der Waals surface area contributed by atoms with Gasteiger partial charge in [-0.05, 0) is 37.5 Å². The van der Waals surface area contributed by atoms with Crippen LogP contribution in [-0.4, -0.2) is 39.1 Å². The molecule has 0 radical (unpaired) electrons. The average Bonchev–Trinajstić information content (AvgIpc) is 3.44. The Labute approximate surface area is 158 Å². The molecule has 2 aliphatic rings. The van der Waals surface area contributed by atoms with Gasteiger partial charge in [0.25, 0.3) is 0 Å². The van der Waals surface area contributed by atoms with Gasteiger partial charge in [-0.1, -0.05) is 24.3 Å². The molecule has 0 aliphatic carbocycles. The molecule has 2 saturated heterocycles. The third-order valence-electron chi connectivity index (χ3n) is 5.52. The first-order chi connectivity index (χ1) is 13.3. The minimum absolute atomic E-state index is 0.251. The summed E-state index contributed by atoms with van der Waals surface area (Å²) in [5.74, 6) is 3.68. The molecule has 138 valence electrons. The number of hydrogen-bond donors (Lipinski definition) is 0. The van der Waals surface area contributed by atoms with Crippen molar-refractivity contribution in [2.75, 3.05) is 7.11 Å². The van der Waals surface area contributed by atoms with Gasteiger partial charge < -0.3 is 9.47 Å². The Balaban J connectivity index is 1.53. The Morgan fingerprint density at radius 3 is 2.78 bits per heavy atom. The molecular formula is C21H22N4O2. The van der Waals surface area contributed by atoms with Gasteiger partial charge in [-0.15, -0.1) is 5.10 Å². The zero-order valence-electron chi connectivity index (χ0n) is 15.3. The zero-order valence-corrected chi connectivity index (χ0v) is 15.3. The van der Waals surface area contributed by atoms with E-state index in [9.17, 15) is 0 Å². The molecule has 6 nitrogen and oxygen atoms in total. The van der Waals surface area contributed by atoms with Gasteiger partial charge in [0.05, 0.1) is 19.3 Å². The minimum atomic E-state index is 0.251. The molecule has 2 fully saturated rings. The van der Waals surface area contributed by atoms with Crippen LogP contribution in [0, 0.1) is 0 Å². The average molecular weight is 362 g/mol. The molecule has 2 bridgehead atoms. The summed E-state index contributed by atoms with van der Waals surface area (Å²) in [5, 5.41) is 4.81. The van der Waals surface area contributed by atoms with Crippen molar-refractivity contribution in [1.29, 1.82) is 0 Å². The van der Waals surface area contributed by atoms with E-state index < -0.39 is 0 Å². The number of rotatable bonds is 5. The highest BCUT2D eigenvalue weighted by molar-refractivity contribution is 5.35. The van der Waals surface area contributed by atoms with Crippen molar-refractivity contribution < 1.29 is 9.47 Å². The lowest BCUT2D eigenvalue weighted by Gasteiger charge is -2.18. The van der Waals surface area contributed by atoms with E-state index >= 15 is 0 Å². The quantitative estimate of drug-likeness (QED) is 0.697. The highest BCUT2D eigenvalue weighted by Gasteiger charge is 2.44. The molecule has 3 aromatic rings. The summed E-state index contributed by atoms with van der Waals surface area (Å²) in [6.07, 6.45) is 6.31. The first-order valence-corrected chi connectivity index (χ1v) is 9.46. The second-order valence-corrected chi connectivity index (χ2v) is 7.19. The molecule has 2 aromatic heterocycles. The predicted molar refractivity (Wildman–Crippen MR) is 100 cm³/mol. The maximum atomic E-state index is 6.07. The fourth-order valence-corrected chi connectivity index (χ4v) is 4.26. The van der Waals surface area contributed by atoms with Crippen molar-refractivity contribution >= 4 is 0 Å². The molecule has 2 aliphatic heterocycles. The molecule has 0 spiro atoms. The summed E-state index contributed by atoms with van der Waals surface area (Å²) >= 11 is 0. The SMILES string of the molecule is COc1ccccc1Cc1nc([C@@H]2C[C@@H]3CC[C@H]2O3)n(-c2ccccn2)n1. The molecule has 6 heteroatoms. The van der Waals surface area contributed by atoms with Crippen molar-refractivity contribution in [3.63, 3.8) is 0 Å². The largest absolute Gasteiger partial charge is 0.496 e. The van der Waals surface area contributed by atoms with Gasteiger partial charge in [-0.2, -0.15) is 4.68 Å². The number of fused-ring (bicyclic) bond motifs is 2. The van der Waals surface area contributed by atoms with Crippen LogP contribution >= 0.6 is 0 Å². The third-order valence-corrected chi connectivity index (χ3v) is 5.52. The standard InChI is InChI=1S/C21H22N4O2/c1-26-17-7-3-2-6-14(17)12-19-23-21(16-13-15-9-10-18(16)27-15)25(24-19)20-8-4-5-11-22-20/h2-8,11,15-16,18H,9-10,12-13H2,1H3/t15-,16+,18+/m0/s1. The molecule has 0 amide bonds. The smallest absolute Gasteiger partial charge is 0.155 e. The zero-order chi connectivity index (χ0) is 18.2. The van der Waals surface area contributed by atoms with E-state index in [1.54, 1.807) is 13.3 Å². The highest BCUT2D eigenvalue weighted by Crippen LogP contribution is 2.44. The van der Waals surface area contributed by atoms with E-state index in [0.717, 1.165) is 48.0 Å². The number of ether oxygens (including phenoxy) is 2. The predicted octanol–water partition coefficient (Wildman–Crippen LogP) is 3.30. The lowest BCUT2D eigenvalue weighted by atomic mass is 9.88. The Bertz CT molecular complexity index is 940. The van der Waals surface area contributed by atoms with E-state index in [-0.39, 0.29) is 12.0 Å². The van der Waals surface area contributed by atoms with Crippen LogP contribution in [0.25, 0.3) is 5.82 Å². The summed E-state index contributed by atoms with van der Waals surface area (Å²) in [6.45, 7) is 0. The van der Waals surface area contributed by atoms with Crippen LogP contribution in [0.4, 0.5) is 0 Å². The van der Waals surface area contributed by atoms with Crippen molar-refractivity contribution in [3.05, 3.63) is 65.9 Å². The number of para-hydroxylation sites is 1. The molecule has 0 saturated carbocycles. The van der Waals surface area contributed by atoms with Crippen molar-refractivity contribution in [3.8, 4) is 11.6 Å². The minimum Gasteiger partial charge on any atom is -0.496 e. The lowest BCUT2D eigenvalue weighted by molar-refractivity contribution is 0.0997. The molecular weight excluding hydrogens is 340 g/mol. The lowest BCUT2D eigenvalue weighted by Crippen LogP contribution is -2.19. The van der Waals surface area contributed by atoms with Crippen LogP contribution in [0.3, 0.4) is 0 Å². The maximum Gasteiger partial charge on any atom is 0.155 e. The summed E-state index contributed by atoms with van der Waals surface area (Å²) in [6, 6.07) is 13.9. The summed E-state index contributed by atoms with van der Waals surface area (Å²) in [7, 11) is 1.69. The van der Waals surface area contributed by atoms with Crippen molar-refractivity contribution in [1.82, 2.24) is 19.7 Å². The van der Waals surface area contributed by atoms with Crippen LogP contribution in [0.5, 0.6) is 5.75 Å². The van der Waals surface area contributed by atoms with Gasteiger partial charge in [0, 0.05) is 24.1 Å². The molecule has 1 aromatic carbocycles. The molecule has 4 heterocycles. The molecule has 3 atom stereocenters. The fourth-order valence-electron chi connectivity index (χ4n) is 4.26. The monoisotopic (exact) mass is 362 g/mol. The first-order valence-electron chi connectivity index (χ1n) is 9.46. The van der Waals surface area contributed by atoms with E-state index in [0.29, 0.717) is 12.5 Å². The third kappa shape index (κ3) is 3.00. The normalized spacial score (nSPS) is 23.7.